The highest BCUT2D eigenvalue weighted by atomic mass is 35.5. The van der Waals surface area contributed by atoms with Crippen molar-refractivity contribution in [2.75, 3.05) is 0 Å². The molecule has 2 N–H and O–H groups in total. The van der Waals surface area contributed by atoms with Gasteiger partial charge in [0.15, 0.2) is 11.5 Å². The van der Waals surface area contributed by atoms with Gasteiger partial charge in [0, 0.05) is 6.20 Å². The average Bonchev–Trinajstić information content (AvgIpc) is 2.08. The van der Waals surface area contributed by atoms with Crippen LogP contribution in [0, 0.1) is 5.82 Å². The molecule has 0 saturated carbocycles. The van der Waals surface area contributed by atoms with Crippen LogP contribution < -0.4 is 5.73 Å². The number of aromatic nitrogens is 1. The lowest BCUT2D eigenvalue weighted by Gasteiger charge is -2.05. The number of pyridine rings is 1. The number of carbonyl (C=O) groups is 1. The number of nitrogens with two attached hydrogens (primary N) is 1. The molecule has 0 aliphatic rings. The van der Waals surface area contributed by atoms with Gasteiger partial charge in [-0.15, -0.1) is 0 Å². The van der Waals surface area contributed by atoms with Crippen LogP contribution in [0.4, 0.5) is 13.2 Å². The van der Waals surface area contributed by atoms with Gasteiger partial charge in [0.25, 0.3) is 12.3 Å². The van der Waals surface area contributed by atoms with Crippen molar-refractivity contribution in [2.45, 2.75) is 6.43 Å². The van der Waals surface area contributed by atoms with Crippen LogP contribution in [0.25, 0.3) is 0 Å². The zero-order valence-corrected chi connectivity index (χ0v) is 7.36. The van der Waals surface area contributed by atoms with Crippen LogP contribution in [-0.4, -0.2) is 10.9 Å². The molecule has 0 aliphatic carbocycles. The van der Waals surface area contributed by atoms with Gasteiger partial charge in [0.05, 0.1) is 10.6 Å². The number of halogens is 4. The van der Waals surface area contributed by atoms with Gasteiger partial charge < -0.3 is 5.73 Å². The van der Waals surface area contributed by atoms with E-state index in [0.29, 0.717) is 6.20 Å². The van der Waals surface area contributed by atoms with Crippen molar-refractivity contribution in [3.05, 3.63) is 28.3 Å². The van der Waals surface area contributed by atoms with Crippen molar-refractivity contribution in [1.82, 2.24) is 4.98 Å². The van der Waals surface area contributed by atoms with Crippen LogP contribution in [0.3, 0.4) is 0 Å². The molecule has 76 valence electrons. The first-order chi connectivity index (χ1) is 6.45. The summed E-state index contributed by atoms with van der Waals surface area (Å²) in [5, 5.41) is -0.830. The monoisotopic (exact) mass is 224 g/mol. The van der Waals surface area contributed by atoms with E-state index in [1.165, 1.54) is 0 Å². The summed E-state index contributed by atoms with van der Waals surface area (Å²) < 4.78 is 37.3. The van der Waals surface area contributed by atoms with Crippen molar-refractivity contribution in [2.24, 2.45) is 5.73 Å². The number of amides is 1. The van der Waals surface area contributed by atoms with E-state index in [9.17, 15) is 18.0 Å². The lowest BCUT2D eigenvalue weighted by atomic mass is 10.2. The highest BCUT2D eigenvalue weighted by molar-refractivity contribution is 6.31. The maximum atomic E-state index is 13.0. The second-order valence-electron chi connectivity index (χ2n) is 2.36. The lowest BCUT2D eigenvalue weighted by Crippen LogP contribution is -2.16. The van der Waals surface area contributed by atoms with Crippen LogP contribution in [-0.2, 0) is 0 Å². The molecule has 0 saturated heterocycles. The minimum Gasteiger partial charge on any atom is -0.364 e. The highest BCUT2D eigenvalue weighted by Crippen LogP contribution is 2.29. The van der Waals surface area contributed by atoms with Crippen LogP contribution in [0.1, 0.15) is 22.5 Å². The Morgan fingerprint density at radius 3 is 2.57 bits per heavy atom. The Hall–Kier alpha value is -1.30. The normalized spacial score (nSPS) is 10.6. The smallest absolute Gasteiger partial charge is 0.270 e. The first-order valence-corrected chi connectivity index (χ1v) is 3.74. The Bertz CT molecular complexity index is 383. The molecule has 0 atom stereocenters. The summed E-state index contributed by atoms with van der Waals surface area (Å²) in [4.78, 5) is 13.7. The van der Waals surface area contributed by atoms with Crippen LogP contribution in [0.15, 0.2) is 6.20 Å². The molecule has 7 heteroatoms. The fourth-order valence-corrected chi connectivity index (χ4v) is 1.02. The number of nitrogens with zero attached hydrogens (tertiary/aromatic N) is 1. The van der Waals surface area contributed by atoms with Gasteiger partial charge in [-0.25, -0.2) is 18.2 Å². The van der Waals surface area contributed by atoms with Gasteiger partial charge in [0.2, 0.25) is 0 Å². The van der Waals surface area contributed by atoms with E-state index in [4.69, 9.17) is 17.3 Å². The standard InChI is InChI=1S/C7H4ClF3N2O/c8-3-2(6(10)11)1-13-5(4(3)9)7(12)14/h1,6H,(H2,12,14). The molecular formula is C7H4ClF3N2O. The summed E-state index contributed by atoms with van der Waals surface area (Å²) >= 11 is 5.23. The molecule has 0 aliphatic heterocycles. The van der Waals surface area contributed by atoms with Crippen LogP contribution in [0.5, 0.6) is 0 Å². The van der Waals surface area contributed by atoms with Crippen LogP contribution >= 0.6 is 11.6 Å². The minimum atomic E-state index is -2.95. The number of carbonyl (C=O) groups excluding carboxylic acids is 1. The minimum absolute atomic E-state index is 0.621. The van der Waals surface area contributed by atoms with Gasteiger partial charge in [0.1, 0.15) is 0 Å². The fraction of sp³-hybridized carbons (Fsp3) is 0.143. The summed E-state index contributed by atoms with van der Waals surface area (Å²) in [5.74, 6) is -2.48. The van der Waals surface area contributed by atoms with Gasteiger partial charge in [-0.2, -0.15) is 0 Å². The lowest BCUT2D eigenvalue weighted by molar-refractivity contribution is 0.0990. The maximum Gasteiger partial charge on any atom is 0.270 e. The predicted molar refractivity (Wildman–Crippen MR) is 42.7 cm³/mol. The third kappa shape index (κ3) is 1.79. The molecule has 0 bridgehead atoms. The second-order valence-corrected chi connectivity index (χ2v) is 2.73. The van der Waals surface area contributed by atoms with Gasteiger partial charge in [-0.3, -0.25) is 4.79 Å². The zero-order chi connectivity index (χ0) is 10.9. The van der Waals surface area contributed by atoms with Crippen LogP contribution in [0.2, 0.25) is 5.02 Å². The first kappa shape index (κ1) is 10.8. The molecule has 1 heterocycles. The molecule has 1 amide bonds. The third-order valence-electron chi connectivity index (χ3n) is 1.46. The summed E-state index contributed by atoms with van der Waals surface area (Å²) in [6.07, 6.45) is -2.33. The Morgan fingerprint density at radius 1 is 1.57 bits per heavy atom. The summed E-state index contributed by atoms with van der Waals surface area (Å²) in [6, 6.07) is 0. The van der Waals surface area contributed by atoms with Crippen molar-refractivity contribution in [1.29, 1.82) is 0 Å². The topological polar surface area (TPSA) is 56.0 Å². The van der Waals surface area contributed by atoms with Crippen molar-refractivity contribution in [3.63, 3.8) is 0 Å². The van der Waals surface area contributed by atoms with Gasteiger partial charge >= 0.3 is 0 Å². The van der Waals surface area contributed by atoms with Gasteiger partial charge in [-0.1, -0.05) is 11.6 Å². The van der Waals surface area contributed by atoms with E-state index >= 15 is 0 Å². The number of hydrogen-bond acceptors (Lipinski definition) is 2. The Morgan fingerprint density at radius 2 is 2.14 bits per heavy atom. The van der Waals surface area contributed by atoms with E-state index in [2.05, 4.69) is 4.98 Å². The Kier molecular flexibility index (Phi) is 2.95. The molecule has 14 heavy (non-hydrogen) atoms. The molecule has 0 aromatic carbocycles. The SMILES string of the molecule is NC(=O)c1ncc(C(F)F)c(Cl)c1F. The highest BCUT2D eigenvalue weighted by Gasteiger charge is 2.21. The molecule has 1 aromatic rings. The second kappa shape index (κ2) is 3.83. The van der Waals surface area contributed by atoms with Crippen molar-refractivity contribution >= 4 is 17.5 Å². The molecule has 0 unspecified atom stereocenters. The van der Waals surface area contributed by atoms with Crippen molar-refractivity contribution in [3.8, 4) is 0 Å². The van der Waals surface area contributed by atoms with E-state index in [1.54, 1.807) is 0 Å². The zero-order valence-electron chi connectivity index (χ0n) is 6.60. The van der Waals surface area contributed by atoms with E-state index < -0.39 is 34.4 Å². The molecule has 0 spiro atoms. The molecule has 3 nitrogen and oxygen atoms in total. The molecule has 1 rings (SSSR count). The quantitative estimate of drug-likeness (QED) is 0.834. The summed E-state index contributed by atoms with van der Waals surface area (Å²) in [7, 11) is 0. The number of primary amides is 1. The summed E-state index contributed by atoms with van der Waals surface area (Å²) in [6.45, 7) is 0. The van der Waals surface area contributed by atoms with E-state index in [1.807, 2.05) is 0 Å². The molecule has 0 radical (unpaired) electrons. The van der Waals surface area contributed by atoms with E-state index in [0.717, 1.165) is 0 Å². The number of hydrogen-bond donors (Lipinski definition) is 1. The maximum absolute atomic E-state index is 13.0. The predicted octanol–water partition coefficient (Wildman–Crippen LogP) is 1.91. The Labute approximate surface area is 81.7 Å². The van der Waals surface area contributed by atoms with E-state index in [-0.39, 0.29) is 0 Å². The number of alkyl halides is 2. The first-order valence-electron chi connectivity index (χ1n) is 3.37. The average molecular weight is 225 g/mol. The largest absolute Gasteiger partial charge is 0.364 e. The fourth-order valence-electron chi connectivity index (χ4n) is 0.802. The summed E-state index contributed by atoms with van der Waals surface area (Å²) in [5.41, 5.74) is 3.20. The third-order valence-corrected chi connectivity index (χ3v) is 1.84. The molecule has 0 fully saturated rings. The molecule has 1 aromatic heterocycles. The number of rotatable bonds is 2. The molecular weight excluding hydrogens is 221 g/mol. The Balaban J connectivity index is 3.33. The van der Waals surface area contributed by atoms with Gasteiger partial charge in [-0.05, 0) is 0 Å². The van der Waals surface area contributed by atoms with Crippen molar-refractivity contribution < 1.29 is 18.0 Å².